The SMILES string of the molecule is CC(N)CCCC(=O)NC1CCCC(C)(C)C1. The van der Waals surface area contributed by atoms with Gasteiger partial charge in [0, 0.05) is 18.5 Å². The number of nitrogens with two attached hydrogens (primary N) is 1. The molecule has 2 atom stereocenters. The highest BCUT2D eigenvalue weighted by atomic mass is 16.1. The number of carbonyl (C=O) groups excluding carboxylic acids is 1. The Hall–Kier alpha value is -0.570. The molecule has 1 fully saturated rings. The Morgan fingerprint density at radius 1 is 1.53 bits per heavy atom. The second-order valence-electron chi connectivity index (χ2n) is 6.39. The Balaban J connectivity index is 2.22. The van der Waals surface area contributed by atoms with Gasteiger partial charge in [0.1, 0.15) is 0 Å². The summed E-state index contributed by atoms with van der Waals surface area (Å²) >= 11 is 0. The fourth-order valence-electron chi connectivity index (χ4n) is 2.71. The van der Waals surface area contributed by atoms with Crippen molar-refractivity contribution in [2.45, 2.75) is 77.8 Å². The monoisotopic (exact) mass is 240 g/mol. The van der Waals surface area contributed by atoms with E-state index in [4.69, 9.17) is 5.73 Å². The summed E-state index contributed by atoms with van der Waals surface area (Å²) < 4.78 is 0. The molecule has 1 rings (SSSR count). The van der Waals surface area contributed by atoms with Crippen molar-refractivity contribution < 1.29 is 4.79 Å². The lowest BCUT2D eigenvalue weighted by atomic mass is 9.75. The van der Waals surface area contributed by atoms with Gasteiger partial charge in [-0.1, -0.05) is 20.3 Å². The molecule has 3 N–H and O–H groups in total. The van der Waals surface area contributed by atoms with Crippen LogP contribution in [-0.4, -0.2) is 18.0 Å². The second-order valence-corrected chi connectivity index (χ2v) is 6.39. The van der Waals surface area contributed by atoms with Gasteiger partial charge >= 0.3 is 0 Å². The first-order chi connectivity index (χ1) is 7.89. The first-order valence-electron chi connectivity index (χ1n) is 6.94. The van der Waals surface area contributed by atoms with Crippen molar-refractivity contribution in [1.29, 1.82) is 0 Å². The van der Waals surface area contributed by atoms with Crippen LogP contribution in [0, 0.1) is 5.41 Å². The summed E-state index contributed by atoms with van der Waals surface area (Å²) in [6, 6.07) is 0.595. The fourth-order valence-corrected chi connectivity index (χ4v) is 2.71. The third-order valence-corrected chi connectivity index (χ3v) is 3.63. The summed E-state index contributed by atoms with van der Waals surface area (Å²) in [5.74, 6) is 0.202. The van der Waals surface area contributed by atoms with Crippen molar-refractivity contribution in [2.24, 2.45) is 11.1 Å². The minimum atomic E-state index is 0.202. The molecule has 3 heteroatoms. The first-order valence-corrected chi connectivity index (χ1v) is 6.94. The van der Waals surface area contributed by atoms with Gasteiger partial charge in [0.25, 0.3) is 0 Å². The van der Waals surface area contributed by atoms with Crippen LogP contribution >= 0.6 is 0 Å². The van der Waals surface area contributed by atoms with E-state index in [1.54, 1.807) is 0 Å². The van der Waals surface area contributed by atoms with Crippen LogP contribution < -0.4 is 11.1 Å². The maximum absolute atomic E-state index is 11.8. The fraction of sp³-hybridized carbons (Fsp3) is 0.929. The lowest BCUT2D eigenvalue weighted by Gasteiger charge is -2.35. The van der Waals surface area contributed by atoms with E-state index in [1.807, 2.05) is 6.92 Å². The molecule has 3 nitrogen and oxygen atoms in total. The Morgan fingerprint density at radius 3 is 2.82 bits per heavy atom. The van der Waals surface area contributed by atoms with E-state index >= 15 is 0 Å². The van der Waals surface area contributed by atoms with Crippen LogP contribution in [-0.2, 0) is 4.79 Å². The van der Waals surface area contributed by atoms with Crippen LogP contribution in [0.2, 0.25) is 0 Å². The predicted octanol–water partition coefficient (Wildman–Crippen LogP) is 2.59. The average molecular weight is 240 g/mol. The highest BCUT2D eigenvalue weighted by Crippen LogP contribution is 2.35. The molecule has 17 heavy (non-hydrogen) atoms. The largest absolute Gasteiger partial charge is 0.353 e. The predicted molar refractivity (Wildman–Crippen MR) is 71.7 cm³/mol. The van der Waals surface area contributed by atoms with Crippen LogP contribution in [0.5, 0.6) is 0 Å². The Bertz CT molecular complexity index is 249. The van der Waals surface area contributed by atoms with Crippen LogP contribution in [0.1, 0.15) is 65.7 Å². The van der Waals surface area contributed by atoms with Gasteiger partial charge in [-0.3, -0.25) is 4.79 Å². The van der Waals surface area contributed by atoms with E-state index in [0.29, 0.717) is 17.9 Å². The quantitative estimate of drug-likeness (QED) is 0.776. The Labute approximate surface area is 106 Å². The minimum absolute atomic E-state index is 0.202. The summed E-state index contributed by atoms with van der Waals surface area (Å²) in [6.45, 7) is 6.57. The van der Waals surface area contributed by atoms with Gasteiger partial charge in [-0.25, -0.2) is 0 Å². The minimum Gasteiger partial charge on any atom is -0.353 e. The molecule has 0 radical (unpaired) electrons. The van der Waals surface area contributed by atoms with Crippen LogP contribution in [0.25, 0.3) is 0 Å². The number of nitrogens with one attached hydrogen (secondary N) is 1. The summed E-state index contributed by atoms with van der Waals surface area (Å²) in [4.78, 5) is 11.8. The third kappa shape index (κ3) is 6.06. The second kappa shape index (κ2) is 6.39. The summed E-state index contributed by atoms with van der Waals surface area (Å²) in [7, 11) is 0. The molecule has 1 saturated carbocycles. The molecule has 0 heterocycles. The molecule has 2 unspecified atom stereocenters. The number of hydrogen-bond donors (Lipinski definition) is 2. The van der Waals surface area contributed by atoms with E-state index in [0.717, 1.165) is 25.7 Å². The molecular weight excluding hydrogens is 212 g/mol. The molecule has 0 aromatic carbocycles. The lowest BCUT2D eigenvalue weighted by molar-refractivity contribution is -0.122. The van der Waals surface area contributed by atoms with Crippen molar-refractivity contribution in [3.05, 3.63) is 0 Å². The van der Waals surface area contributed by atoms with Crippen molar-refractivity contribution in [3.63, 3.8) is 0 Å². The van der Waals surface area contributed by atoms with Gasteiger partial charge in [0.05, 0.1) is 0 Å². The number of carbonyl (C=O) groups is 1. The smallest absolute Gasteiger partial charge is 0.220 e. The molecule has 0 aromatic heterocycles. The van der Waals surface area contributed by atoms with Crippen LogP contribution in [0.4, 0.5) is 0 Å². The Kier molecular flexibility index (Phi) is 5.44. The molecule has 1 amide bonds. The number of rotatable bonds is 5. The maximum Gasteiger partial charge on any atom is 0.220 e. The van der Waals surface area contributed by atoms with Crippen LogP contribution in [0.15, 0.2) is 0 Å². The number of amides is 1. The molecule has 0 spiro atoms. The molecule has 0 aliphatic heterocycles. The highest BCUT2D eigenvalue weighted by Gasteiger charge is 2.28. The van der Waals surface area contributed by atoms with E-state index < -0.39 is 0 Å². The van der Waals surface area contributed by atoms with Gasteiger partial charge in [0.2, 0.25) is 5.91 Å². The van der Waals surface area contributed by atoms with Gasteiger partial charge in [-0.2, -0.15) is 0 Å². The van der Waals surface area contributed by atoms with E-state index in [1.165, 1.54) is 12.8 Å². The van der Waals surface area contributed by atoms with Gasteiger partial charge < -0.3 is 11.1 Å². The summed E-state index contributed by atoms with van der Waals surface area (Å²) in [6.07, 6.45) is 7.23. The molecule has 1 aliphatic carbocycles. The van der Waals surface area contributed by atoms with Crippen LogP contribution in [0.3, 0.4) is 0 Å². The summed E-state index contributed by atoms with van der Waals surface area (Å²) in [5, 5.41) is 3.17. The molecule has 0 bridgehead atoms. The molecule has 1 aliphatic rings. The standard InChI is InChI=1S/C14H28N2O/c1-11(15)6-4-8-13(17)16-12-7-5-9-14(2,3)10-12/h11-12H,4-10,15H2,1-3H3,(H,16,17). The third-order valence-electron chi connectivity index (χ3n) is 3.63. The zero-order valence-corrected chi connectivity index (χ0v) is 11.6. The van der Waals surface area contributed by atoms with Gasteiger partial charge in [-0.15, -0.1) is 0 Å². The van der Waals surface area contributed by atoms with E-state index in [9.17, 15) is 4.79 Å². The first kappa shape index (κ1) is 14.5. The van der Waals surface area contributed by atoms with Crippen molar-refractivity contribution >= 4 is 5.91 Å². The van der Waals surface area contributed by atoms with E-state index in [-0.39, 0.29) is 11.9 Å². The average Bonchev–Trinajstić information content (AvgIpc) is 2.14. The van der Waals surface area contributed by atoms with Crippen molar-refractivity contribution in [1.82, 2.24) is 5.32 Å². The summed E-state index contributed by atoms with van der Waals surface area (Å²) in [5.41, 5.74) is 6.06. The zero-order valence-electron chi connectivity index (χ0n) is 11.6. The molecule has 0 saturated heterocycles. The van der Waals surface area contributed by atoms with E-state index in [2.05, 4.69) is 19.2 Å². The number of hydrogen-bond acceptors (Lipinski definition) is 2. The highest BCUT2D eigenvalue weighted by molar-refractivity contribution is 5.76. The lowest BCUT2D eigenvalue weighted by Crippen LogP contribution is -2.40. The molecule has 100 valence electrons. The van der Waals surface area contributed by atoms with Crippen molar-refractivity contribution in [2.75, 3.05) is 0 Å². The van der Waals surface area contributed by atoms with Gasteiger partial charge in [-0.05, 0) is 44.4 Å². The zero-order chi connectivity index (χ0) is 12.9. The Morgan fingerprint density at radius 2 is 2.24 bits per heavy atom. The normalized spacial score (nSPS) is 25.3. The maximum atomic E-state index is 11.8. The van der Waals surface area contributed by atoms with Crippen molar-refractivity contribution in [3.8, 4) is 0 Å². The topological polar surface area (TPSA) is 55.1 Å². The molecule has 0 aromatic rings. The van der Waals surface area contributed by atoms with Gasteiger partial charge in [0.15, 0.2) is 0 Å². The molecular formula is C14H28N2O.